The minimum Gasteiger partial charge on any atom is -0.327 e. The van der Waals surface area contributed by atoms with Crippen molar-refractivity contribution in [1.82, 2.24) is 4.98 Å². The number of hydrogen-bond donors (Lipinski definition) is 1. The van der Waals surface area contributed by atoms with E-state index in [2.05, 4.69) is 31.8 Å². The third kappa shape index (κ3) is 2.28. The van der Waals surface area contributed by atoms with Gasteiger partial charge in [0.05, 0.1) is 0 Å². The van der Waals surface area contributed by atoms with Gasteiger partial charge in [0.25, 0.3) is 0 Å². The van der Waals surface area contributed by atoms with Gasteiger partial charge in [0.2, 0.25) is 0 Å². The number of nitrogens with zero attached hydrogens (tertiary/aromatic N) is 1. The molecule has 72 valence electrons. The first-order valence-corrected chi connectivity index (χ1v) is 4.83. The molecule has 2 nitrogen and oxygen atoms in total. The van der Waals surface area contributed by atoms with Crippen molar-refractivity contribution >= 4 is 0 Å². The molecule has 1 heterocycles. The summed E-state index contributed by atoms with van der Waals surface area (Å²) in [5.41, 5.74) is 8.56. The van der Waals surface area contributed by atoms with E-state index < -0.39 is 0 Å². The topological polar surface area (TPSA) is 38.9 Å². The second-order valence-corrected chi connectivity index (χ2v) is 3.59. The van der Waals surface area contributed by atoms with Gasteiger partial charge < -0.3 is 5.73 Å². The van der Waals surface area contributed by atoms with Crippen molar-refractivity contribution in [2.24, 2.45) is 5.73 Å². The summed E-state index contributed by atoms with van der Waals surface area (Å²) in [5, 5.41) is 0. The zero-order valence-corrected chi connectivity index (χ0v) is 8.62. The molecular weight excluding hydrogens is 160 g/mol. The smallest absolute Gasteiger partial charge is 0.0299 e. The van der Waals surface area contributed by atoms with Crippen LogP contribution in [0.5, 0.6) is 0 Å². The van der Waals surface area contributed by atoms with Crippen molar-refractivity contribution < 1.29 is 0 Å². The molecule has 0 aliphatic rings. The SMILES string of the molecule is CCC(N)C(C)c1ccncc1C. The van der Waals surface area contributed by atoms with Crippen LogP contribution in [0.1, 0.15) is 37.3 Å². The van der Waals surface area contributed by atoms with Crippen LogP contribution in [0.2, 0.25) is 0 Å². The molecule has 0 aliphatic heterocycles. The van der Waals surface area contributed by atoms with Gasteiger partial charge in [-0.25, -0.2) is 0 Å². The molecule has 2 N–H and O–H groups in total. The summed E-state index contributed by atoms with van der Waals surface area (Å²) in [4.78, 5) is 4.07. The molecule has 13 heavy (non-hydrogen) atoms. The molecule has 0 bridgehead atoms. The highest BCUT2D eigenvalue weighted by atomic mass is 14.7. The maximum Gasteiger partial charge on any atom is 0.0299 e. The lowest BCUT2D eigenvalue weighted by molar-refractivity contribution is 0.549. The van der Waals surface area contributed by atoms with Crippen molar-refractivity contribution in [2.75, 3.05) is 0 Å². The van der Waals surface area contributed by atoms with Crippen LogP contribution in [0.3, 0.4) is 0 Å². The normalized spacial score (nSPS) is 15.4. The standard InChI is InChI=1S/C11H18N2/c1-4-11(12)9(3)10-5-6-13-7-8(10)2/h5-7,9,11H,4,12H2,1-3H3. The molecule has 0 saturated heterocycles. The van der Waals surface area contributed by atoms with E-state index in [1.165, 1.54) is 11.1 Å². The fourth-order valence-corrected chi connectivity index (χ4v) is 1.58. The first-order chi connectivity index (χ1) is 6.16. The number of nitrogens with two attached hydrogens (primary N) is 1. The lowest BCUT2D eigenvalue weighted by Gasteiger charge is -2.20. The van der Waals surface area contributed by atoms with Crippen molar-refractivity contribution in [1.29, 1.82) is 0 Å². The Hall–Kier alpha value is -0.890. The molecule has 2 atom stereocenters. The molecule has 0 spiro atoms. The molecule has 0 fully saturated rings. The van der Waals surface area contributed by atoms with Gasteiger partial charge in [-0.15, -0.1) is 0 Å². The highest BCUT2D eigenvalue weighted by molar-refractivity contribution is 5.26. The largest absolute Gasteiger partial charge is 0.327 e. The van der Waals surface area contributed by atoms with E-state index in [-0.39, 0.29) is 6.04 Å². The lowest BCUT2D eigenvalue weighted by atomic mass is 9.90. The monoisotopic (exact) mass is 178 g/mol. The van der Waals surface area contributed by atoms with Crippen LogP contribution in [0.15, 0.2) is 18.5 Å². The Labute approximate surface area is 80.2 Å². The van der Waals surface area contributed by atoms with E-state index in [0.717, 1.165) is 6.42 Å². The van der Waals surface area contributed by atoms with Gasteiger partial charge in [-0.05, 0) is 36.5 Å². The van der Waals surface area contributed by atoms with E-state index in [9.17, 15) is 0 Å². The van der Waals surface area contributed by atoms with Gasteiger partial charge >= 0.3 is 0 Å². The summed E-state index contributed by atoms with van der Waals surface area (Å²) < 4.78 is 0. The first-order valence-electron chi connectivity index (χ1n) is 4.83. The van der Waals surface area contributed by atoms with Crippen LogP contribution in [0, 0.1) is 6.92 Å². The van der Waals surface area contributed by atoms with Gasteiger partial charge in [-0.2, -0.15) is 0 Å². The molecule has 0 aromatic carbocycles. The molecule has 1 aromatic rings. The van der Waals surface area contributed by atoms with Crippen LogP contribution < -0.4 is 5.73 Å². The molecule has 1 rings (SSSR count). The number of hydrogen-bond acceptors (Lipinski definition) is 2. The quantitative estimate of drug-likeness (QED) is 0.771. The zero-order valence-electron chi connectivity index (χ0n) is 8.62. The van der Waals surface area contributed by atoms with Gasteiger partial charge in [0, 0.05) is 18.4 Å². The van der Waals surface area contributed by atoms with Gasteiger partial charge in [0.15, 0.2) is 0 Å². The first kappa shape index (κ1) is 10.2. The van der Waals surface area contributed by atoms with Crippen molar-refractivity contribution in [2.45, 2.75) is 39.2 Å². The summed E-state index contributed by atoms with van der Waals surface area (Å²) in [6, 6.07) is 2.32. The number of aromatic nitrogens is 1. The Kier molecular flexibility index (Phi) is 3.43. The average molecular weight is 178 g/mol. The van der Waals surface area contributed by atoms with Crippen molar-refractivity contribution in [3.63, 3.8) is 0 Å². The summed E-state index contributed by atoms with van der Waals surface area (Å²) in [6.07, 6.45) is 4.75. The van der Waals surface area contributed by atoms with Crippen molar-refractivity contribution in [3.8, 4) is 0 Å². The highest BCUT2D eigenvalue weighted by Gasteiger charge is 2.14. The summed E-state index contributed by atoms with van der Waals surface area (Å²) in [5.74, 6) is 0.424. The highest BCUT2D eigenvalue weighted by Crippen LogP contribution is 2.21. The number of pyridine rings is 1. The number of aryl methyl sites for hydroxylation is 1. The third-order valence-corrected chi connectivity index (χ3v) is 2.67. The second kappa shape index (κ2) is 4.38. The fraction of sp³-hybridized carbons (Fsp3) is 0.545. The molecule has 0 saturated carbocycles. The van der Waals surface area contributed by atoms with Gasteiger partial charge in [-0.3, -0.25) is 4.98 Å². The Morgan fingerprint density at radius 2 is 2.23 bits per heavy atom. The Balaban J connectivity index is 2.88. The van der Waals surface area contributed by atoms with E-state index in [1.54, 1.807) is 0 Å². The van der Waals surface area contributed by atoms with E-state index >= 15 is 0 Å². The minimum atomic E-state index is 0.251. The number of rotatable bonds is 3. The van der Waals surface area contributed by atoms with Gasteiger partial charge in [0.1, 0.15) is 0 Å². The van der Waals surface area contributed by atoms with E-state index in [0.29, 0.717) is 5.92 Å². The van der Waals surface area contributed by atoms with Crippen LogP contribution in [0.25, 0.3) is 0 Å². The van der Waals surface area contributed by atoms with E-state index in [1.807, 2.05) is 12.4 Å². The fourth-order valence-electron chi connectivity index (χ4n) is 1.58. The molecule has 2 heteroatoms. The summed E-state index contributed by atoms with van der Waals surface area (Å²) in [6.45, 7) is 6.38. The molecule has 0 amide bonds. The second-order valence-electron chi connectivity index (χ2n) is 3.59. The van der Waals surface area contributed by atoms with Crippen LogP contribution >= 0.6 is 0 Å². The van der Waals surface area contributed by atoms with Gasteiger partial charge in [-0.1, -0.05) is 13.8 Å². The Morgan fingerprint density at radius 3 is 2.77 bits per heavy atom. The summed E-state index contributed by atoms with van der Waals surface area (Å²) in [7, 11) is 0. The Morgan fingerprint density at radius 1 is 1.54 bits per heavy atom. The molecule has 1 aromatic heterocycles. The molecule has 0 aliphatic carbocycles. The maximum absolute atomic E-state index is 6.00. The van der Waals surface area contributed by atoms with Crippen LogP contribution in [-0.2, 0) is 0 Å². The predicted octanol–water partition coefficient (Wildman–Crippen LogP) is 2.23. The molecule has 0 radical (unpaired) electrons. The predicted molar refractivity (Wildman–Crippen MR) is 55.7 cm³/mol. The maximum atomic E-state index is 6.00. The summed E-state index contributed by atoms with van der Waals surface area (Å²) >= 11 is 0. The van der Waals surface area contributed by atoms with Crippen molar-refractivity contribution in [3.05, 3.63) is 29.6 Å². The zero-order chi connectivity index (χ0) is 9.84. The van der Waals surface area contributed by atoms with E-state index in [4.69, 9.17) is 5.73 Å². The van der Waals surface area contributed by atoms with Crippen LogP contribution in [-0.4, -0.2) is 11.0 Å². The Bertz CT molecular complexity index is 271. The lowest BCUT2D eigenvalue weighted by Crippen LogP contribution is -2.26. The minimum absolute atomic E-state index is 0.251. The average Bonchev–Trinajstić information content (AvgIpc) is 2.16. The van der Waals surface area contributed by atoms with Crippen LogP contribution in [0.4, 0.5) is 0 Å². The molecule has 2 unspecified atom stereocenters. The third-order valence-electron chi connectivity index (χ3n) is 2.67. The molecular formula is C11H18N2.